The third kappa shape index (κ3) is 2.82. The number of benzene rings is 2. The molecule has 0 bridgehead atoms. The molecule has 9 nitrogen and oxygen atoms in total. The fourth-order valence-corrected chi connectivity index (χ4v) is 3.88. The van der Waals surface area contributed by atoms with E-state index < -0.39 is 10.0 Å². The number of rotatable bonds is 5. The van der Waals surface area contributed by atoms with E-state index >= 15 is 0 Å². The van der Waals surface area contributed by atoms with Crippen molar-refractivity contribution in [3.63, 3.8) is 0 Å². The average molecular weight is 368 g/mol. The highest BCUT2D eigenvalue weighted by Gasteiger charge is 2.29. The summed E-state index contributed by atoms with van der Waals surface area (Å²) in [4.78, 5) is 3.96. The van der Waals surface area contributed by atoms with Crippen LogP contribution in [-0.4, -0.2) is 34.0 Å². The lowest BCUT2D eigenvalue weighted by atomic mass is 10.2. The smallest absolute Gasteiger partial charge is 0.271 e. The molecule has 0 unspecified atom stereocenters. The molecule has 130 valence electrons. The number of aromatic amines is 1. The molecule has 1 N–H and O–H groups in total. The van der Waals surface area contributed by atoms with E-state index in [4.69, 9.17) is 4.42 Å². The number of tetrazole rings is 1. The molecular formula is C16H12N6O3S. The minimum Gasteiger partial charge on any atom is -0.427 e. The van der Waals surface area contributed by atoms with E-state index in [1.165, 1.54) is 24.7 Å². The Morgan fingerprint density at radius 2 is 1.88 bits per heavy atom. The van der Waals surface area contributed by atoms with Gasteiger partial charge in [-0.1, -0.05) is 30.3 Å². The first-order valence-corrected chi connectivity index (χ1v) is 8.93. The molecule has 0 aliphatic rings. The van der Waals surface area contributed by atoms with Crippen LogP contribution < -0.4 is 4.31 Å². The van der Waals surface area contributed by atoms with Crippen LogP contribution in [0.4, 0.5) is 11.6 Å². The first-order chi connectivity index (χ1) is 12.7. The lowest BCUT2D eigenvalue weighted by Gasteiger charge is -2.21. The Labute approximate surface area is 148 Å². The van der Waals surface area contributed by atoms with Crippen molar-refractivity contribution in [1.82, 2.24) is 25.6 Å². The molecule has 2 heterocycles. The van der Waals surface area contributed by atoms with E-state index in [-0.39, 0.29) is 10.8 Å². The number of nitrogens with one attached hydrogen (secondary N) is 1. The molecule has 0 radical (unpaired) electrons. The summed E-state index contributed by atoms with van der Waals surface area (Å²) < 4.78 is 32.8. The Hall–Kier alpha value is -3.53. The molecule has 2 aromatic carbocycles. The van der Waals surface area contributed by atoms with Crippen LogP contribution in [0.1, 0.15) is 0 Å². The molecular weight excluding hydrogens is 356 g/mol. The maximum atomic E-state index is 13.2. The molecule has 0 saturated carbocycles. The molecule has 26 heavy (non-hydrogen) atoms. The molecule has 2 aromatic heterocycles. The summed E-state index contributed by atoms with van der Waals surface area (Å²) in [5.41, 5.74) is 0.955. The van der Waals surface area contributed by atoms with Gasteiger partial charge in [0.25, 0.3) is 10.0 Å². The summed E-state index contributed by atoms with van der Waals surface area (Å²) in [6.45, 7) is 0. The first-order valence-electron chi connectivity index (χ1n) is 7.49. The second kappa shape index (κ2) is 6.41. The van der Waals surface area contributed by atoms with Crippen molar-refractivity contribution in [2.75, 3.05) is 4.31 Å². The highest BCUT2D eigenvalue weighted by Crippen LogP contribution is 2.33. The largest absolute Gasteiger partial charge is 0.427 e. The van der Waals surface area contributed by atoms with Crippen LogP contribution in [0.15, 0.2) is 76.5 Å². The maximum Gasteiger partial charge on any atom is 0.271 e. The van der Waals surface area contributed by atoms with Crippen molar-refractivity contribution >= 4 is 21.6 Å². The van der Waals surface area contributed by atoms with Gasteiger partial charge in [-0.2, -0.15) is 5.21 Å². The Kier molecular flexibility index (Phi) is 3.93. The fourth-order valence-electron chi connectivity index (χ4n) is 2.45. The normalized spacial score (nSPS) is 11.4. The Morgan fingerprint density at radius 3 is 2.58 bits per heavy atom. The summed E-state index contributed by atoms with van der Waals surface area (Å²) in [5, 5.41) is 13.7. The summed E-state index contributed by atoms with van der Waals surface area (Å²) in [6.07, 6.45) is 2.51. The minimum absolute atomic E-state index is 0.0686. The van der Waals surface area contributed by atoms with Crippen LogP contribution in [0.2, 0.25) is 0 Å². The number of H-pyrrole nitrogens is 1. The van der Waals surface area contributed by atoms with Gasteiger partial charge in [0.2, 0.25) is 11.7 Å². The van der Waals surface area contributed by atoms with E-state index in [1.807, 2.05) is 0 Å². The molecule has 0 aliphatic heterocycles. The quantitative estimate of drug-likeness (QED) is 0.574. The van der Waals surface area contributed by atoms with Gasteiger partial charge in [0.15, 0.2) is 6.39 Å². The van der Waals surface area contributed by atoms with Crippen LogP contribution in [-0.2, 0) is 10.0 Å². The monoisotopic (exact) mass is 368 g/mol. The maximum absolute atomic E-state index is 13.2. The molecule has 0 aliphatic carbocycles. The van der Waals surface area contributed by atoms with Crippen molar-refractivity contribution in [2.24, 2.45) is 0 Å². The van der Waals surface area contributed by atoms with Crippen molar-refractivity contribution in [3.05, 3.63) is 67.2 Å². The van der Waals surface area contributed by atoms with Crippen LogP contribution in [0, 0.1) is 0 Å². The lowest BCUT2D eigenvalue weighted by molar-refractivity contribution is 0.556. The average Bonchev–Trinajstić information content (AvgIpc) is 3.37. The van der Waals surface area contributed by atoms with Crippen molar-refractivity contribution in [2.45, 2.75) is 4.90 Å². The van der Waals surface area contributed by atoms with Gasteiger partial charge >= 0.3 is 0 Å². The standard InChI is InChI=1S/C16H12N6O3S/c23-26(24,14-7-2-1-3-8-14)22(15-10-17-11-25-15)13-6-4-5-12(9-13)16-18-20-21-19-16/h1-11H,(H,18,19,20,21). The van der Waals surface area contributed by atoms with Gasteiger partial charge in [0.05, 0.1) is 16.8 Å². The van der Waals surface area contributed by atoms with Crippen molar-refractivity contribution in [1.29, 1.82) is 0 Å². The van der Waals surface area contributed by atoms with Crippen LogP contribution >= 0.6 is 0 Å². The second-order valence-electron chi connectivity index (χ2n) is 5.21. The molecule has 0 fully saturated rings. The minimum atomic E-state index is -3.93. The molecule has 0 amide bonds. The number of anilines is 2. The van der Waals surface area contributed by atoms with Gasteiger partial charge in [-0.3, -0.25) is 0 Å². The van der Waals surface area contributed by atoms with Crippen LogP contribution in [0.25, 0.3) is 11.4 Å². The number of hydrogen-bond acceptors (Lipinski definition) is 7. The number of aromatic nitrogens is 5. The predicted molar refractivity (Wildman–Crippen MR) is 91.9 cm³/mol. The predicted octanol–water partition coefficient (Wildman–Crippen LogP) is 2.38. The van der Waals surface area contributed by atoms with E-state index in [0.717, 1.165) is 4.31 Å². The fraction of sp³-hybridized carbons (Fsp3) is 0. The van der Waals surface area contributed by atoms with E-state index in [2.05, 4.69) is 25.6 Å². The van der Waals surface area contributed by atoms with Crippen LogP contribution in [0.5, 0.6) is 0 Å². The van der Waals surface area contributed by atoms with Gasteiger partial charge in [-0.05, 0) is 29.5 Å². The molecule has 0 atom stereocenters. The Bertz CT molecular complexity index is 1100. The lowest BCUT2D eigenvalue weighted by Crippen LogP contribution is -2.26. The van der Waals surface area contributed by atoms with Gasteiger partial charge in [0, 0.05) is 5.56 Å². The molecule has 4 rings (SSSR count). The van der Waals surface area contributed by atoms with Gasteiger partial charge in [-0.15, -0.1) is 10.2 Å². The Morgan fingerprint density at radius 1 is 1.04 bits per heavy atom. The topological polar surface area (TPSA) is 118 Å². The number of nitrogens with zero attached hydrogens (tertiary/aromatic N) is 5. The zero-order chi connectivity index (χ0) is 18.0. The summed E-state index contributed by atoms with van der Waals surface area (Å²) in [7, 11) is -3.93. The zero-order valence-electron chi connectivity index (χ0n) is 13.2. The SMILES string of the molecule is O=S(=O)(c1ccccc1)N(c1cccc(-c2nn[nH]n2)c1)c1cnco1. The highest BCUT2D eigenvalue weighted by molar-refractivity contribution is 7.93. The molecule has 0 saturated heterocycles. The summed E-state index contributed by atoms with van der Waals surface area (Å²) in [5.74, 6) is 0.417. The summed E-state index contributed by atoms with van der Waals surface area (Å²) >= 11 is 0. The van der Waals surface area contributed by atoms with Crippen molar-refractivity contribution in [3.8, 4) is 11.4 Å². The van der Waals surface area contributed by atoms with E-state index in [9.17, 15) is 8.42 Å². The van der Waals surface area contributed by atoms with Gasteiger partial charge in [-0.25, -0.2) is 17.7 Å². The molecule has 0 spiro atoms. The number of sulfonamides is 1. The van der Waals surface area contributed by atoms with Gasteiger partial charge < -0.3 is 4.42 Å². The third-order valence-electron chi connectivity index (χ3n) is 3.59. The third-order valence-corrected chi connectivity index (χ3v) is 5.32. The molecule has 10 heteroatoms. The van der Waals surface area contributed by atoms with Gasteiger partial charge in [0.1, 0.15) is 0 Å². The van der Waals surface area contributed by atoms with Crippen LogP contribution in [0.3, 0.4) is 0 Å². The Balaban J connectivity index is 1.87. The first kappa shape index (κ1) is 16.0. The molecule has 4 aromatic rings. The summed E-state index contributed by atoms with van der Waals surface area (Å²) in [6, 6.07) is 14.8. The number of oxazole rings is 1. The zero-order valence-corrected chi connectivity index (χ0v) is 14.0. The second-order valence-corrected chi connectivity index (χ2v) is 6.99. The van der Waals surface area contributed by atoms with E-state index in [0.29, 0.717) is 17.1 Å². The highest BCUT2D eigenvalue weighted by atomic mass is 32.2. The number of hydrogen-bond donors (Lipinski definition) is 1. The van der Waals surface area contributed by atoms with E-state index in [1.54, 1.807) is 42.5 Å². The van der Waals surface area contributed by atoms with Crippen molar-refractivity contribution < 1.29 is 12.8 Å².